The third-order valence-electron chi connectivity index (χ3n) is 5.09. The number of hydrogen-bond acceptors (Lipinski definition) is 3. The van der Waals surface area contributed by atoms with Crippen LogP contribution in [0.3, 0.4) is 0 Å². The van der Waals surface area contributed by atoms with Gasteiger partial charge < -0.3 is 14.5 Å². The van der Waals surface area contributed by atoms with Gasteiger partial charge in [-0.1, -0.05) is 13.0 Å². The Bertz CT molecular complexity index is 622. The number of ether oxygens (including phenoxy) is 1. The molecule has 0 saturated heterocycles. The van der Waals surface area contributed by atoms with Gasteiger partial charge in [-0.05, 0) is 69.5 Å². The van der Waals surface area contributed by atoms with E-state index in [4.69, 9.17) is 4.74 Å². The molecule has 1 aromatic carbocycles. The van der Waals surface area contributed by atoms with E-state index in [1.54, 1.807) is 24.3 Å². The van der Waals surface area contributed by atoms with Gasteiger partial charge in [0.25, 0.3) is 0 Å². The van der Waals surface area contributed by atoms with Crippen molar-refractivity contribution in [2.45, 2.75) is 38.6 Å². The molecule has 5 heteroatoms. The summed E-state index contributed by atoms with van der Waals surface area (Å²) in [5.41, 5.74) is 0.654. The van der Waals surface area contributed by atoms with Gasteiger partial charge in [0.2, 0.25) is 5.91 Å². The molecule has 0 radical (unpaired) electrons. The molecule has 0 atom stereocenters. The molecule has 0 aliphatic heterocycles. The second-order valence-electron chi connectivity index (χ2n) is 7.48. The van der Waals surface area contributed by atoms with Crippen molar-refractivity contribution in [3.05, 3.63) is 35.7 Å². The number of methoxy groups -OCH3 is 1. The first kappa shape index (κ1) is 20.4. The van der Waals surface area contributed by atoms with Crippen molar-refractivity contribution >= 4 is 12.0 Å². The predicted molar refractivity (Wildman–Crippen MR) is 104 cm³/mol. The van der Waals surface area contributed by atoms with Gasteiger partial charge in [-0.3, -0.25) is 4.79 Å². The molecular weight excluding hydrogens is 331 g/mol. The fraction of sp³-hybridized carbons (Fsp3) is 0.571. The van der Waals surface area contributed by atoms with E-state index in [9.17, 15) is 9.18 Å². The Hall–Kier alpha value is -1.88. The van der Waals surface area contributed by atoms with Crippen LogP contribution >= 0.6 is 0 Å². The maximum absolute atomic E-state index is 13.8. The normalized spacial score (nSPS) is 20.5. The first-order valence-electron chi connectivity index (χ1n) is 9.37. The Morgan fingerprint density at radius 2 is 1.92 bits per heavy atom. The van der Waals surface area contributed by atoms with E-state index >= 15 is 0 Å². The van der Waals surface area contributed by atoms with Gasteiger partial charge >= 0.3 is 0 Å². The highest BCUT2D eigenvalue weighted by Crippen LogP contribution is 2.27. The molecule has 0 spiro atoms. The molecule has 1 fully saturated rings. The molecule has 0 N–H and O–H groups in total. The van der Waals surface area contributed by atoms with Crippen LogP contribution in [0.2, 0.25) is 0 Å². The summed E-state index contributed by atoms with van der Waals surface area (Å²) in [6.07, 6.45) is 7.71. The SMILES string of the molecule is COc1ccc(/C=C/C(=O)N(CCN(C)C)C2CCC(C)CC2)cc1F. The van der Waals surface area contributed by atoms with Gasteiger partial charge in [0, 0.05) is 25.2 Å². The molecule has 1 saturated carbocycles. The van der Waals surface area contributed by atoms with Crippen LogP contribution in [-0.2, 0) is 4.79 Å². The molecule has 0 unspecified atom stereocenters. The van der Waals surface area contributed by atoms with E-state index in [1.165, 1.54) is 26.0 Å². The highest BCUT2D eigenvalue weighted by Gasteiger charge is 2.26. The maximum atomic E-state index is 13.8. The number of carbonyl (C=O) groups is 1. The number of nitrogens with zero attached hydrogens (tertiary/aromatic N) is 2. The van der Waals surface area contributed by atoms with Crippen molar-refractivity contribution < 1.29 is 13.9 Å². The minimum atomic E-state index is -0.423. The third-order valence-corrected chi connectivity index (χ3v) is 5.09. The molecule has 1 aromatic rings. The summed E-state index contributed by atoms with van der Waals surface area (Å²) in [5.74, 6) is 0.530. The lowest BCUT2D eigenvalue weighted by molar-refractivity contribution is -0.129. The lowest BCUT2D eigenvalue weighted by Crippen LogP contribution is -2.44. The van der Waals surface area contributed by atoms with Crippen molar-refractivity contribution in [1.82, 2.24) is 9.80 Å². The lowest BCUT2D eigenvalue weighted by Gasteiger charge is -2.36. The van der Waals surface area contributed by atoms with Gasteiger partial charge in [-0.2, -0.15) is 0 Å². The summed E-state index contributed by atoms with van der Waals surface area (Å²) in [4.78, 5) is 16.9. The Balaban J connectivity index is 2.08. The zero-order valence-corrected chi connectivity index (χ0v) is 16.4. The Morgan fingerprint density at radius 1 is 1.23 bits per heavy atom. The topological polar surface area (TPSA) is 32.8 Å². The number of benzene rings is 1. The summed E-state index contributed by atoms with van der Waals surface area (Å²) < 4.78 is 18.7. The van der Waals surface area contributed by atoms with Gasteiger partial charge in [0.05, 0.1) is 7.11 Å². The van der Waals surface area contributed by atoms with Crippen LogP contribution in [-0.4, -0.2) is 56.0 Å². The first-order chi connectivity index (χ1) is 12.4. The fourth-order valence-corrected chi connectivity index (χ4v) is 3.38. The van der Waals surface area contributed by atoms with Gasteiger partial charge in [-0.25, -0.2) is 4.39 Å². The Morgan fingerprint density at radius 3 is 2.50 bits per heavy atom. The van der Waals surface area contributed by atoms with Crippen molar-refractivity contribution in [2.24, 2.45) is 5.92 Å². The Kier molecular flexibility index (Phi) is 7.64. The molecule has 4 nitrogen and oxygen atoms in total. The molecule has 1 aliphatic rings. The number of rotatable bonds is 7. The average molecular weight is 362 g/mol. The number of carbonyl (C=O) groups excluding carboxylic acids is 1. The van der Waals surface area contributed by atoms with Crippen molar-refractivity contribution in [2.75, 3.05) is 34.3 Å². The van der Waals surface area contributed by atoms with Crippen LogP contribution in [0.25, 0.3) is 6.08 Å². The first-order valence-corrected chi connectivity index (χ1v) is 9.37. The number of amides is 1. The third kappa shape index (κ3) is 5.84. The molecule has 0 aromatic heterocycles. The molecule has 1 aliphatic carbocycles. The molecule has 1 amide bonds. The molecule has 0 bridgehead atoms. The second kappa shape index (κ2) is 9.72. The summed E-state index contributed by atoms with van der Waals surface area (Å²) in [5, 5.41) is 0. The number of halogens is 1. The summed E-state index contributed by atoms with van der Waals surface area (Å²) in [7, 11) is 5.47. The summed E-state index contributed by atoms with van der Waals surface area (Å²) in [6, 6.07) is 5.01. The Labute approximate surface area is 156 Å². The van der Waals surface area contributed by atoms with Crippen LogP contribution in [0.4, 0.5) is 4.39 Å². The number of hydrogen-bond donors (Lipinski definition) is 0. The van der Waals surface area contributed by atoms with Crippen molar-refractivity contribution in [3.8, 4) is 5.75 Å². The molecule has 144 valence electrons. The standard InChI is InChI=1S/C21H31FN2O2/c1-16-5-9-18(10-6-16)24(14-13-23(2)3)21(25)12-8-17-7-11-20(26-4)19(22)15-17/h7-8,11-12,15-16,18H,5-6,9-10,13-14H2,1-4H3/b12-8+. The van der Waals surface area contributed by atoms with Gasteiger partial charge in [-0.15, -0.1) is 0 Å². The zero-order chi connectivity index (χ0) is 19.1. The number of likely N-dealkylation sites (N-methyl/N-ethyl adjacent to an activating group) is 1. The van der Waals surface area contributed by atoms with E-state index in [1.807, 2.05) is 19.0 Å². The quantitative estimate of drug-likeness (QED) is 0.692. The summed E-state index contributed by atoms with van der Waals surface area (Å²) in [6.45, 7) is 3.83. The second-order valence-corrected chi connectivity index (χ2v) is 7.48. The molecule has 2 rings (SSSR count). The minimum absolute atomic E-state index is 0.00243. The maximum Gasteiger partial charge on any atom is 0.246 e. The van der Waals surface area contributed by atoms with E-state index in [0.29, 0.717) is 18.2 Å². The molecular formula is C21H31FN2O2. The van der Waals surface area contributed by atoms with Crippen molar-refractivity contribution in [1.29, 1.82) is 0 Å². The highest BCUT2D eigenvalue weighted by atomic mass is 19.1. The van der Waals surface area contributed by atoms with E-state index < -0.39 is 5.82 Å². The van der Waals surface area contributed by atoms with Gasteiger partial charge in [0.1, 0.15) is 0 Å². The lowest BCUT2D eigenvalue weighted by atomic mass is 9.86. The fourth-order valence-electron chi connectivity index (χ4n) is 3.38. The van der Waals surface area contributed by atoms with Crippen molar-refractivity contribution in [3.63, 3.8) is 0 Å². The van der Waals surface area contributed by atoms with Crippen LogP contribution in [0, 0.1) is 11.7 Å². The largest absolute Gasteiger partial charge is 0.494 e. The van der Waals surface area contributed by atoms with E-state index in [0.717, 1.165) is 25.3 Å². The van der Waals surface area contributed by atoms with Gasteiger partial charge in [0.15, 0.2) is 11.6 Å². The van der Waals surface area contributed by atoms with Crippen LogP contribution in [0.5, 0.6) is 5.75 Å². The molecule has 26 heavy (non-hydrogen) atoms. The highest BCUT2D eigenvalue weighted by molar-refractivity contribution is 5.92. The average Bonchev–Trinajstić information content (AvgIpc) is 2.61. The monoisotopic (exact) mass is 362 g/mol. The minimum Gasteiger partial charge on any atom is -0.494 e. The summed E-state index contributed by atoms with van der Waals surface area (Å²) >= 11 is 0. The van der Waals surface area contributed by atoms with Crippen LogP contribution in [0.15, 0.2) is 24.3 Å². The zero-order valence-electron chi connectivity index (χ0n) is 16.4. The van der Waals surface area contributed by atoms with E-state index in [-0.39, 0.29) is 11.7 Å². The predicted octanol–water partition coefficient (Wildman–Crippen LogP) is 3.82. The molecule has 0 heterocycles. The van der Waals surface area contributed by atoms with Crippen LogP contribution < -0.4 is 4.74 Å². The van der Waals surface area contributed by atoms with E-state index in [2.05, 4.69) is 11.8 Å². The van der Waals surface area contributed by atoms with Crippen LogP contribution in [0.1, 0.15) is 38.2 Å². The smallest absolute Gasteiger partial charge is 0.246 e.